The Morgan fingerprint density at radius 1 is 1.21 bits per heavy atom. The Hall–Kier alpha value is 0.210. The summed E-state index contributed by atoms with van der Waals surface area (Å²) in [7, 11) is 1.64. The van der Waals surface area contributed by atoms with Gasteiger partial charge < -0.3 is 14.2 Å². The zero-order chi connectivity index (χ0) is 14.1. The molecule has 1 aromatic rings. The average molecular weight is 416 g/mol. The summed E-state index contributed by atoms with van der Waals surface area (Å²) >= 11 is 8.18. The van der Waals surface area contributed by atoms with E-state index in [1.807, 2.05) is 0 Å². The zero-order valence-corrected chi connectivity index (χ0v) is 14.6. The number of halogens is 2. The molecule has 7 heteroatoms. The van der Waals surface area contributed by atoms with Crippen molar-refractivity contribution in [3.63, 3.8) is 0 Å². The van der Waals surface area contributed by atoms with Gasteiger partial charge in [0.2, 0.25) is 0 Å². The van der Waals surface area contributed by atoms with Gasteiger partial charge in [0.25, 0.3) is 0 Å². The molecule has 0 aromatic carbocycles. The Morgan fingerprint density at radius 2 is 1.95 bits per heavy atom. The Balaban J connectivity index is 2.09. The lowest BCUT2D eigenvalue weighted by atomic mass is 10.2. The third kappa shape index (κ3) is 6.97. The molecule has 108 valence electrons. The van der Waals surface area contributed by atoms with Crippen LogP contribution in [0.1, 0.15) is 16.8 Å². The van der Waals surface area contributed by atoms with Crippen molar-refractivity contribution in [2.45, 2.75) is 6.42 Å². The third-order valence-electron chi connectivity index (χ3n) is 2.20. The molecule has 1 aromatic heterocycles. The van der Waals surface area contributed by atoms with Crippen LogP contribution in [-0.4, -0.2) is 45.9 Å². The minimum Gasteiger partial charge on any atom is -0.382 e. The number of Topliss-reactive ketones (excluding diaryl/α,β-unsaturated/α-hetero) is 1. The molecule has 0 saturated carbocycles. The molecule has 0 aliphatic carbocycles. The maximum absolute atomic E-state index is 11.8. The van der Waals surface area contributed by atoms with Gasteiger partial charge in [0.05, 0.1) is 20.8 Å². The molecule has 1 rings (SSSR count). The van der Waals surface area contributed by atoms with E-state index in [1.54, 1.807) is 13.2 Å². The highest BCUT2D eigenvalue weighted by Gasteiger charge is 2.13. The number of ketones is 1. The number of carbonyl (C=O) groups excluding carboxylic acids is 1. The van der Waals surface area contributed by atoms with Gasteiger partial charge in [-0.2, -0.15) is 0 Å². The van der Waals surface area contributed by atoms with Crippen molar-refractivity contribution in [3.8, 4) is 0 Å². The Bertz CT molecular complexity index is 395. The van der Waals surface area contributed by atoms with Crippen LogP contribution in [-0.2, 0) is 14.2 Å². The van der Waals surface area contributed by atoms with Crippen LogP contribution < -0.4 is 0 Å². The predicted octanol–water partition coefficient (Wildman–Crippen LogP) is 3.53. The van der Waals surface area contributed by atoms with Crippen molar-refractivity contribution in [3.05, 3.63) is 19.2 Å². The fourth-order valence-corrected chi connectivity index (χ4v) is 4.14. The molecule has 0 atom stereocenters. The van der Waals surface area contributed by atoms with Gasteiger partial charge in [-0.1, -0.05) is 0 Å². The normalized spacial score (nSPS) is 10.9. The van der Waals surface area contributed by atoms with Crippen LogP contribution in [0, 0.1) is 0 Å². The monoisotopic (exact) mass is 414 g/mol. The lowest BCUT2D eigenvalue weighted by Crippen LogP contribution is -2.11. The molecular formula is C12H16Br2O4S. The van der Waals surface area contributed by atoms with Gasteiger partial charge in [0, 0.05) is 25.9 Å². The SMILES string of the molecule is COCCOCCCOCC(=O)c1cc(Br)sc1Br. The number of carbonyl (C=O) groups is 1. The van der Waals surface area contributed by atoms with Crippen molar-refractivity contribution < 1.29 is 19.0 Å². The molecule has 0 N–H and O–H groups in total. The summed E-state index contributed by atoms with van der Waals surface area (Å²) in [5, 5.41) is 0. The van der Waals surface area contributed by atoms with Gasteiger partial charge in [-0.15, -0.1) is 11.3 Å². The lowest BCUT2D eigenvalue weighted by molar-refractivity contribution is 0.0488. The molecule has 0 aliphatic rings. The van der Waals surface area contributed by atoms with Crippen molar-refractivity contribution in [2.24, 2.45) is 0 Å². The highest BCUT2D eigenvalue weighted by atomic mass is 79.9. The largest absolute Gasteiger partial charge is 0.382 e. The minimum absolute atomic E-state index is 0.0193. The average Bonchev–Trinajstić information content (AvgIpc) is 2.71. The van der Waals surface area contributed by atoms with Crippen LogP contribution in [0.5, 0.6) is 0 Å². The highest BCUT2D eigenvalue weighted by Crippen LogP contribution is 2.32. The van der Waals surface area contributed by atoms with E-state index in [1.165, 1.54) is 11.3 Å². The number of ether oxygens (including phenoxy) is 3. The summed E-state index contributed by atoms with van der Waals surface area (Å²) in [6.07, 6.45) is 0.769. The molecule has 0 unspecified atom stereocenters. The molecule has 0 fully saturated rings. The summed E-state index contributed by atoms with van der Waals surface area (Å²) in [4.78, 5) is 11.8. The molecule has 0 radical (unpaired) electrons. The van der Waals surface area contributed by atoms with E-state index in [9.17, 15) is 4.79 Å². The van der Waals surface area contributed by atoms with Crippen molar-refractivity contribution >= 4 is 49.0 Å². The van der Waals surface area contributed by atoms with Gasteiger partial charge in [-0.05, 0) is 44.3 Å². The van der Waals surface area contributed by atoms with Gasteiger partial charge in [0.15, 0.2) is 5.78 Å². The van der Waals surface area contributed by atoms with Gasteiger partial charge >= 0.3 is 0 Å². The first-order valence-electron chi connectivity index (χ1n) is 5.77. The molecular weight excluding hydrogens is 400 g/mol. The van der Waals surface area contributed by atoms with E-state index >= 15 is 0 Å². The second kappa shape index (κ2) is 10.0. The first-order chi connectivity index (χ1) is 9.15. The van der Waals surface area contributed by atoms with E-state index in [4.69, 9.17) is 14.2 Å². The fraction of sp³-hybridized carbons (Fsp3) is 0.583. The summed E-state index contributed by atoms with van der Waals surface area (Å²) in [6.45, 7) is 2.42. The van der Waals surface area contributed by atoms with Gasteiger partial charge in [0.1, 0.15) is 6.61 Å². The predicted molar refractivity (Wildman–Crippen MR) is 82.2 cm³/mol. The summed E-state index contributed by atoms with van der Waals surface area (Å²) in [5.74, 6) is -0.0193. The quantitative estimate of drug-likeness (QED) is 0.433. The fourth-order valence-electron chi connectivity index (χ4n) is 1.28. The van der Waals surface area contributed by atoms with Crippen molar-refractivity contribution in [1.82, 2.24) is 0 Å². The first-order valence-corrected chi connectivity index (χ1v) is 8.18. The molecule has 0 amide bonds. The van der Waals surface area contributed by atoms with Crippen molar-refractivity contribution in [2.75, 3.05) is 40.1 Å². The number of hydrogen-bond donors (Lipinski definition) is 0. The second-order valence-corrected chi connectivity index (χ2v) is 7.42. The number of thiophene rings is 1. The van der Waals surface area contributed by atoms with E-state index < -0.39 is 0 Å². The van der Waals surface area contributed by atoms with E-state index in [0.29, 0.717) is 32.0 Å². The third-order valence-corrected chi connectivity index (χ3v) is 4.54. The Kier molecular flexibility index (Phi) is 9.10. The minimum atomic E-state index is -0.0193. The van der Waals surface area contributed by atoms with Crippen LogP contribution in [0.25, 0.3) is 0 Å². The Labute approximate surface area is 133 Å². The topological polar surface area (TPSA) is 44.8 Å². The summed E-state index contributed by atoms with van der Waals surface area (Å²) in [6, 6.07) is 1.80. The maximum Gasteiger partial charge on any atom is 0.190 e. The molecule has 0 spiro atoms. The summed E-state index contributed by atoms with van der Waals surface area (Å²) in [5.41, 5.74) is 0.660. The van der Waals surface area contributed by atoms with Crippen LogP contribution in [0.2, 0.25) is 0 Å². The van der Waals surface area contributed by atoms with Gasteiger partial charge in [-0.3, -0.25) is 4.79 Å². The smallest absolute Gasteiger partial charge is 0.190 e. The van der Waals surface area contributed by atoms with E-state index in [-0.39, 0.29) is 12.4 Å². The molecule has 0 bridgehead atoms. The van der Waals surface area contributed by atoms with Crippen LogP contribution in [0.3, 0.4) is 0 Å². The molecule has 4 nitrogen and oxygen atoms in total. The van der Waals surface area contributed by atoms with Crippen molar-refractivity contribution in [1.29, 1.82) is 0 Å². The second-order valence-electron chi connectivity index (χ2n) is 3.67. The van der Waals surface area contributed by atoms with E-state index in [2.05, 4.69) is 31.9 Å². The number of rotatable bonds is 10. The lowest BCUT2D eigenvalue weighted by Gasteiger charge is -2.04. The molecule has 19 heavy (non-hydrogen) atoms. The molecule has 0 saturated heterocycles. The molecule has 1 heterocycles. The summed E-state index contributed by atoms with van der Waals surface area (Å²) < 4.78 is 17.2. The van der Waals surface area contributed by atoms with Gasteiger partial charge in [-0.25, -0.2) is 0 Å². The maximum atomic E-state index is 11.8. The molecule has 0 aliphatic heterocycles. The zero-order valence-electron chi connectivity index (χ0n) is 10.6. The standard InChI is InChI=1S/C12H16Br2O4S/c1-16-5-6-17-3-2-4-18-8-10(15)9-7-11(13)19-12(9)14/h7H,2-6,8H2,1H3. The Morgan fingerprint density at radius 3 is 2.58 bits per heavy atom. The number of methoxy groups -OCH3 is 1. The van der Waals surface area contributed by atoms with Crippen LogP contribution in [0.15, 0.2) is 13.6 Å². The van der Waals surface area contributed by atoms with Crippen LogP contribution in [0.4, 0.5) is 0 Å². The van der Waals surface area contributed by atoms with Crippen LogP contribution >= 0.6 is 43.2 Å². The first kappa shape index (κ1) is 17.3. The van der Waals surface area contributed by atoms with E-state index in [0.717, 1.165) is 14.0 Å². The highest BCUT2D eigenvalue weighted by molar-refractivity contribution is 9.12. The number of hydrogen-bond acceptors (Lipinski definition) is 5.